The number of carbonyl (C=O) groups is 3. The number of nitrogens with one attached hydrogen (secondary N) is 1. The van der Waals surface area contributed by atoms with Gasteiger partial charge in [-0.15, -0.1) is 0 Å². The third-order valence-electron chi connectivity index (χ3n) is 6.32. The van der Waals surface area contributed by atoms with Crippen LogP contribution in [0.4, 0.5) is 5.69 Å². The summed E-state index contributed by atoms with van der Waals surface area (Å²) < 4.78 is 21.8. The molecule has 2 aliphatic rings. The average Bonchev–Trinajstić information content (AvgIpc) is 2.86. The van der Waals surface area contributed by atoms with Gasteiger partial charge in [0.05, 0.1) is 20.1 Å². The van der Waals surface area contributed by atoms with E-state index in [1.54, 1.807) is 55.6 Å². The van der Waals surface area contributed by atoms with Gasteiger partial charge in [0.2, 0.25) is 5.88 Å². The second-order valence-electron chi connectivity index (χ2n) is 9.69. The zero-order chi connectivity index (χ0) is 26.7. The first-order valence-electron chi connectivity index (χ1n) is 11.8. The third-order valence-corrected chi connectivity index (χ3v) is 6.32. The Morgan fingerprint density at radius 3 is 2.46 bits per heavy atom. The molecule has 2 aromatic carbocycles. The van der Waals surface area contributed by atoms with Gasteiger partial charge in [-0.3, -0.25) is 9.59 Å². The number of ether oxygens (including phenoxy) is 4. The van der Waals surface area contributed by atoms with Crippen molar-refractivity contribution in [3.63, 3.8) is 0 Å². The Morgan fingerprint density at radius 2 is 1.78 bits per heavy atom. The van der Waals surface area contributed by atoms with Crippen LogP contribution in [-0.2, 0) is 23.9 Å². The SMILES string of the molecule is COC(=O)C1=C(N)OC2=C(C(=O)CC(C)(C)C2)C1c1ccccc1OCC(=O)Nc1ccc(OC)cc1. The van der Waals surface area contributed by atoms with E-state index in [-0.39, 0.29) is 41.6 Å². The first kappa shape index (κ1) is 25.8. The first-order valence-corrected chi connectivity index (χ1v) is 11.8. The van der Waals surface area contributed by atoms with Gasteiger partial charge in [0.15, 0.2) is 12.4 Å². The predicted molar refractivity (Wildman–Crippen MR) is 136 cm³/mol. The van der Waals surface area contributed by atoms with Gasteiger partial charge in [-0.25, -0.2) is 4.79 Å². The Hall–Kier alpha value is -4.27. The van der Waals surface area contributed by atoms with Crippen LogP contribution in [0.15, 0.2) is 71.3 Å². The fraction of sp³-hybridized carbons (Fsp3) is 0.321. The molecule has 0 fully saturated rings. The lowest BCUT2D eigenvalue weighted by atomic mass is 9.70. The van der Waals surface area contributed by atoms with Crippen molar-refractivity contribution in [1.29, 1.82) is 0 Å². The first-order chi connectivity index (χ1) is 17.6. The highest BCUT2D eigenvalue weighted by molar-refractivity contribution is 6.03. The molecular formula is C28H30N2O7. The molecule has 37 heavy (non-hydrogen) atoms. The number of anilines is 1. The maximum absolute atomic E-state index is 13.4. The molecule has 0 spiro atoms. The van der Waals surface area contributed by atoms with Crippen molar-refractivity contribution in [1.82, 2.24) is 0 Å². The molecule has 1 heterocycles. The highest BCUT2D eigenvalue weighted by Gasteiger charge is 2.45. The Kier molecular flexibility index (Phi) is 7.24. The van der Waals surface area contributed by atoms with E-state index < -0.39 is 11.9 Å². The van der Waals surface area contributed by atoms with Gasteiger partial charge in [-0.05, 0) is 35.7 Å². The summed E-state index contributed by atoms with van der Waals surface area (Å²) >= 11 is 0. The van der Waals surface area contributed by atoms with Crippen LogP contribution in [0.25, 0.3) is 0 Å². The van der Waals surface area contributed by atoms with Gasteiger partial charge in [-0.2, -0.15) is 0 Å². The normalized spacial score (nSPS) is 18.5. The number of rotatable bonds is 7. The van der Waals surface area contributed by atoms with E-state index in [0.717, 1.165) is 0 Å². The van der Waals surface area contributed by atoms with E-state index in [1.165, 1.54) is 7.11 Å². The fourth-order valence-electron chi connectivity index (χ4n) is 4.67. The summed E-state index contributed by atoms with van der Waals surface area (Å²) in [5.41, 5.74) is 7.35. The van der Waals surface area contributed by atoms with Crippen LogP contribution >= 0.6 is 0 Å². The Morgan fingerprint density at radius 1 is 1.08 bits per heavy atom. The highest BCUT2D eigenvalue weighted by atomic mass is 16.5. The molecule has 0 saturated heterocycles. The molecule has 1 aliphatic carbocycles. The van der Waals surface area contributed by atoms with Gasteiger partial charge in [0.1, 0.15) is 22.8 Å². The minimum atomic E-state index is -0.861. The molecule has 194 valence electrons. The number of hydrogen-bond acceptors (Lipinski definition) is 8. The van der Waals surface area contributed by atoms with E-state index >= 15 is 0 Å². The molecule has 0 aromatic heterocycles. The summed E-state index contributed by atoms with van der Waals surface area (Å²) in [6, 6.07) is 13.8. The molecule has 1 atom stereocenters. The van der Waals surface area contributed by atoms with Gasteiger partial charge in [0.25, 0.3) is 5.91 Å². The molecule has 9 heteroatoms. The molecule has 9 nitrogen and oxygen atoms in total. The van der Waals surface area contributed by atoms with Crippen LogP contribution in [0, 0.1) is 5.41 Å². The Bertz CT molecular complexity index is 1290. The largest absolute Gasteiger partial charge is 0.497 e. The number of benzene rings is 2. The monoisotopic (exact) mass is 506 g/mol. The second-order valence-corrected chi connectivity index (χ2v) is 9.69. The fourth-order valence-corrected chi connectivity index (χ4v) is 4.67. The Labute approximate surface area is 215 Å². The molecule has 3 N–H and O–H groups in total. The lowest BCUT2D eigenvalue weighted by Gasteiger charge is -2.38. The van der Waals surface area contributed by atoms with Gasteiger partial charge >= 0.3 is 5.97 Å². The number of Topliss-reactive ketones (excluding diaryl/α,β-unsaturated/α-hetero) is 1. The smallest absolute Gasteiger partial charge is 0.340 e. The van der Waals surface area contributed by atoms with Crippen molar-refractivity contribution >= 4 is 23.3 Å². The lowest BCUT2D eigenvalue weighted by molar-refractivity contribution is -0.136. The van der Waals surface area contributed by atoms with Crippen molar-refractivity contribution in [3.8, 4) is 11.5 Å². The summed E-state index contributed by atoms with van der Waals surface area (Å²) in [7, 11) is 2.80. The molecule has 2 aromatic rings. The van der Waals surface area contributed by atoms with Crippen LogP contribution in [0.2, 0.25) is 0 Å². The molecule has 1 aliphatic heterocycles. The van der Waals surface area contributed by atoms with Crippen molar-refractivity contribution < 1.29 is 33.3 Å². The van der Waals surface area contributed by atoms with Crippen LogP contribution in [-0.4, -0.2) is 38.5 Å². The number of hydrogen-bond donors (Lipinski definition) is 2. The number of methoxy groups -OCH3 is 2. The van der Waals surface area contributed by atoms with E-state index in [4.69, 9.17) is 24.7 Å². The minimum absolute atomic E-state index is 0.0213. The maximum atomic E-state index is 13.4. The zero-order valence-electron chi connectivity index (χ0n) is 21.3. The Balaban J connectivity index is 1.65. The quantitative estimate of drug-likeness (QED) is 0.543. The highest BCUT2D eigenvalue weighted by Crippen LogP contribution is 2.49. The topological polar surface area (TPSA) is 126 Å². The van der Waals surface area contributed by atoms with Crippen LogP contribution in [0.1, 0.15) is 38.2 Å². The van der Waals surface area contributed by atoms with Crippen molar-refractivity contribution in [2.24, 2.45) is 11.1 Å². The summed E-state index contributed by atoms with van der Waals surface area (Å²) in [6.45, 7) is 3.65. The zero-order valence-corrected chi connectivity index (χ0v) is 21.3. The number of para-hydroxylation sites is 1. The van der Waals surface area contributed by atoms with Crippen molar-refractivity contribution in [2.45, 2.75) is 32.6 Å². The number of nitrogens with two attached hydrogens (primary N) is 1. The van der Waals surface area contributed by atoms with E-state index in [9.17, 15) is 14.4 Å². The minimum Gasteiger partial charge on any atom is -0.497 e. The van der Waals surface area contributed by atoms with Crippen LogP contribution in [0.5, 0.6) is 11.5 Å². The number of ketones is 1. The third kappa shape index (κ3) is 5.45. The molecular weight excluding hydrogens is 476 g/mol. The predicted octanol–water partition coefficient (Wildman–Crippen LogP) is 3.81. The molecule has 4 rings (SSSR count). The molecule has 0 radical (unpaired) electrons. The van der Waals surface area contributed by atoms with Gasteiger partial charge in [0, 0.05) is 29.7 Å². The van der Waals surface area contributed by atoms with Crippen LogP contribution in [0.3, 0.4) is 0 Å². The lowest BCUT2D eigenvalue weighted by Crippen LogP contribution is -2.35. The number of amides is 1. The number of carbonyl (C=O) groups excluding carboxylic acids is 3. The van der Waals surface area contributed by atoms with E-state index in [1.807, 2.05) is 13.8 Å². The van der Waals surface area contributed by atoms with Crippen molar-refractivity contribution in [2.75, 3.05) is 26.1 Å². The summed E-state index contributed by atoms with van der Waals surface area (Å²) in [5, 5.41) is 2.76. The standard InChI is InChI=1S/C28H30N2O7/c1-28(2)13-19(31)24-21(14-28)37-26(29)25(27(33)35-4)23(24)18-7-5-6-8-20(18)36-15-22(32)30-16-9-11-17(34-3)12-10-16/h5-12,23H,13-15,29H2,1-4H3,(H,30,32). The second kappa shape index (κ2) is 10.4. The molecule has 0 saturated carbocycles. The summed E-state index contributed by atoms with van der Waals surface area (Å²) in [6.07, 6.45) is 0.764. The average molecular weight is 507 g/mol. The number of allylic oxidation sites excluding steroid dienone is 2. The van der Waals surface area contributed by atoms with E-state index in [2.05, 4.69) is 5.32 Å². The van der Waals surface area contributed by atoms with Gasteiger partial charge in [-0.1, -0.05) is 32.0 Å². The molecule has 1 unspecified atom stereocenters. The summed E-state index contributed by atoms with van der Waals surface area (Å²) in [4.78, 5) is 38.8. The van der Waals surface area contributed by atoms with Crippen LogP contribution < -0.4 is 20.5 Å². The molecule has 1 amide bonds. The summed E-state index contributed by atoms with van der Waals surface area (Å²) in [5.74, 6) is -0.778. The van der Waals surface area contributed by atoms with Gasteiger partial charge < -0.3 is 30.0 Å². The van der Waals surface area contributed by atoms with E-state index in [0.29, 0.717) is 40.5 Å². The molecule has 0 bridgehead atoms. The van der Waals surface area contributed by atoms with Crippen molar-refractivity contribution in [3.05, 3.63) is 76.9 Å². The number of esters is 1. The maximum Gasteiger partial charge on any atom is 0.340 e.